The average molecular weight is 474 g/mol. The first kappa shape index (κ1) is 23.6. The summed E-state index contributed by atoms with van der Waals surface area (Å²) in [5, 5.41) is 0. The van der Waals surface area contributed by atoms with E-state index in [2.05, 4.69) is 23.7 Å². The number of aryl methyl sites for hydroxylation is 1. The summed E-state index contributed by atoms with van der Waals surface area (Å²) in [4.78, 5) is 26.4. The first-order valence-electron chi connectivity index (χ1n) is 11.3. The molecule has 10 heteroatoms. The number of nitrogens with zero attached hydrogens (tertiary/aromatic N) is 5. The van der Waals surface area contributed by atoms with Crippen molar-refractivity contribution in [3.8, 4) is 0 Å². The van der Waals surface area contributed by atoms with Crippen LogP contribution in [0.2, 0.25) is 0 Å². The smallest absolute Gasteiger partial charge is 0.254 e. The molecule has 0 bridgehead atoms. The van der Waals surface area contributed by atoms with Crippen LogP contribution in [0.4, 0.5) is 5.82 Å². The molecular weight excluding hydrogens is 442 g/mol. The lowest BCUT2D eigenvalue weighted by molar-refractivity contribution is 0.0729. The number of sulfonamides is 1. The van der Waals surface area contributed by atoms with Gasteiger partial charge in [0.2, 0.25) is 10.0 Å². The molecule has 2 aromatic rings. The van der Waals surface area contributed by atoms with Gasteiger partial charge in [-0.2, -0.15) is 4.31 Å². The highest BCUT2D eigenvalue weighted by Crippen LogP contribution is 2.22. The minimum atomic E-state index is -3.65. The molecule has 0 radical (unpaired) electrons. The molecule has 2 saturated heterocycles. The van der Waals surface area contributed by atoms with Gasteiger partial charge in [0.1, 0.15) is 11.6 Å². The minimum absolute atomic E-state index is 0.145. The number of hydrogen-bond donors (Lipinski definition) is 0. The summed E-state index contributed by atoms with van der Waals surface area (Å²) in [6.07, 6.45) is 0. The normalized spacial score (nSPS) is 18.1. The fourth-order valence-electron chi connectivity index (χ4n) is 4.04. The van der Waals surface area contributed by atoms with Crippen molar-refractivity contribution in [2.24, 2.45) is 0 Å². The van der Waals surface area contributed by atoms with Crippen LogP contribution in [0, 0.1) is 6.92 Å². The Labute approximate surface area is 195 Å². The Morgan fingerprint density at radius 2 is 1.70 bits per heavy atom. The number of piperazine rings is 1. The van der Waals surface area contributed by atoms with E-state index in [1.807, 2.05) is 13.0 Å². The molecule has 4 rings (SSSR count). The molecule has 2 fully saturated rings. The van der Waals surface area contributed by atoms with Gasteiger partial charge in [-0.1, -0.05) is 19.9 Å². The van der Waals surface area contributed by atoms with E-state index in [1.165, 1.54) is 10.4 Å². The fraction of sp³-hybridized carbons (Fsp3) is 0.522. The Bertz CT molecular complexity index is 1110. The molecule has 1 aromatic carbocycles. The van der Waals surface area contributed by atoms with E-state index in [0.29, 0.717) is 58.0 Å². The molecule has 9 nitrogen and oxygen atoms in total. The predicted octanol–water partition coefficient (Wildman–Crippen LogP) is 1.89. The van der Waals surface area contributed by atoms with Gasteiger partial charge in [0.15, 0.2) is 0 Å². The second-order valence-electron chi connectivity index (χ2n) is 8.70. The van der Waals surface area contributed by atoms with Crippen molar-refractivity contribution in [2.45, 2.75) is 31.6 Å². The maximum absolute atomic E-state index is 13.1. The van der Waals surface area contributed by atoms with Crippen LogP contribution in [0.25, 0.3) is 0 Å². The zero-order valence-electron chi connectivity index (χ0n) is 19.4. The van der Waals surface area contributed by atoms with Crippen molar-refractivity contribution in [3.05, 3.63) is 47.4 Å². The van der Waals surface area contributed by atoms with Crippen LogP contribution in [-0.2, 0) is 14.8 Å². The fourth-order valence-corrected chi connectivity index (χ4v) is 5.50. The molecule has 2 aliphatic rings. The molecule has 0 unspecified atom stereocenters. The van der Waals surface area contributed by atoms with E-state index in [0.717, 1.165) is 17.3 Å². The van der Waals surface area contributed by atoms with Gasteiger partial charge in [-0.3, -0.25) is 4.79 Å². The third-order valence-electron chi connectivity index (χ3n) is 5.95. The molecule has 0 saturated carbocycles. The molecule has 0 aliphatic carbocycles. The van der Waals surface area contributed by atoms with Gasteiger partial charge >= 0.3 is 0 Å². The zero-order valence-corrected chi connectivity index (χ0v) is 20.2. The molecule has 0 spiro atoms. The van der Waals surface area contributed by atoms with Crippen LogP contribution in [-0.4, -0.2) is 86.0 Å². The first-order valence-corrected chi connectivity index (χ1v) is 12.8. The monoisotopic (exact) mass is 473 g/mol. The van der Waals surface area contributed by atoms with Gasteiger partial charge in [0.05, 0.1) is 18.1 Å². The summed E-state index contributed by atoms with van der Waals surface area (Å²) in [5.41, 5.74) is 1.32. The number of amides is 1. The van der Waals surface area contributed by atoms with Gasteiger partial charge < -0.3 is 14.5 Å². The number of morpholine rings is 1. The van der Waals surface area contributed by atoms with E-state index < -0.39 is 10.0 Å². The summed E-state index contributed by atoms with van der Waals surface area (Å²) >= 11 is 0. The molecule has 33 heavy (non-hydrogen) atoms. The Morgan fingerprint density at radius 3 is 2.36 bits per heavy atom. The Kier molecular flexibility index (Phi) is 6.96. The van der Waals surface area contributed by atoms with Crippen LogP contribution in [0.5, 0.6) is 0 Å². The molecular formula is C23H31N5O4S. The lowest BCUT2D eigenvalue weighted by Crippen LogP contribution is -2.49. The van der Waals surface area contributed by atoms with Crippen molar-refractivity contribution in [3.63, 3.8) is 0 Å². The van der Waals surface area contributed by atoms with Gasteiger partial charge in [0, 0.05) is 62.5 Å². The highest BCUT2D eigenvalue weighted by molar-refractivity contribution is 7.89. The summed E-state index contributed by atoms with van der Waals surface area (Å²) in [5.74, 6) is 1.79. The second-order valence-corrected chi connectivity index (χ2v) is 10.6. The van der Waals surface area contributed by atoms with Crippen molar-refractivity contribution >= 4 is 21.7 Å². The largest absolute Gasteiger partial charge is 0.379 e. The first-order chi connectivity index (χ1) is 15.8. The van der Waals surface area contributed by atoms with Crippen molar-refractivity contribution < 1.29 is 17.9 Å². The Balaban J connectivity index is 1.45. The number of hydrogen-bond acceptors (Lipinski definition) is 7. The van der Waals surface area contributed by atoms with Crippen LogP contribution < -0.4 is 4.90 Å². The molecule has 178 valence electrons. The van der Waals surface area contributed by atoms with Crippen molar-refractivity contribution in [1.82, 2.24) is 19.2 Å². The average Bonchev–Trinajstić information content (AvgIpc) is 2.84. The SMILES string of the molecule is Cc1cc(N2CCN(C(=O)c3cccc(S(=O)(=O)N4CCOCC4)c3)CC2)nc(C(C)C)n1. The van der Waals surface area contributed by atoms with Gasteiger partial charge in [-0.25, -0.2) is 18.4 Å². The maximum atomic E-state index is 13.1. The van der Waals surface area contributed by atoms with Crippen LogP contribution in [0.15, 0.2) is 35.2 Å². The third-order valence-corrected chi connectivity index (χ3v) is 7.85. The van der Waals surface area contributed by atoms with Gasteiger partial charge in [-0.15, -0.1) is 0 Å². The van der Waals surface area contributed by atoms with Crippen LogP contribution in [0.3, 0.4) is 0 Å². The van der Waals surface area contributed by atoms with Gasteiger partial charge in [-0.05, 0) is 25.1 Å². The highest BCUT2D eigenvalue weighted by Gasteiger charge is 2.28. The molecule has 1 aromatic heterocycles. The van der Waals surface area contributed by atoms with E-state index in [-0.39, 0.29) is 16.7 Å². The number of aromatic nitrogens is 2. The molecule has 3 heterocycles. The third kappa shape index (κ3) is 5.18. The predicted molar refractivity (Wildman–Crippen MR) is 125 cm³/mol. The van der Waals surface area contributed by atoms with Gasteiger partial charge in [0.25, 0.3) is 5.91 Å². The second kappa shape index (κ2) is 9.74. The number of ether oxygens (including phenoxy) is 1. The number of benzene rings is 1. The molecule has 0 atom stereocenters. The molecule has 1 amide bonds. The van der Waals surface area contributed by atoms with E-state index >= 15 is 0 Å². The zero-order chi connectivity index (χ0) is 23.6. The number of anilines is 1. The lowest BCUT2D eigenvalue weighted by atomic mass is 10.1. The number of rotatable bonds is 5. The number of carbonyl (C=O) groups excluding carboxylic acids is 1. The number of carbonyl (C=O) groups is 1. The minimum Gasteiger partial charge on any atom is -0.379 e. The van der Waals surface area contributed by atoms with Crippen molar-refractivity contribution in [1.29, 1.82) is 0 Å². The summed E-state index contributed by atoms with van der Waals surface area (Å²) in [7, 11) is -3.65. The van der Waals surface area contributed by atoms with Crippen LogP contribution >= 0.6 is 0 Å². The Morgan fingerprint density at radius 1 is 1.00 bits per heavy atom. The molecule has 0 N–H and O–H groups in total. The van der Waals surface area contributed by atoms with E-state index in [1.54, 1.807) is 23.1 Å². The highest BCUT2D eigenvalue weighted by atomic mass is 32.2. The van der Waals surface area contributed by atoms with Crippen molar-refractivity contribution in [2.75, 3.05) is 57.4 Å². The summed E-state index contributed by atoms with van der Waals surface area (Å²) < 4.78 is 32.6. The topological polar surface area (TPSA) is 95.9 Å². The summed E-state index contributed by atoms with van der Waals surface area (Å²) in [6, 6.07) is 8.32. The summed E-state index contributed by atoms with van der Waals surface area (Å²) in [6.45, 7) is 9.92. The maximum Gasteiger partial charge on any atom is 0.254 e. The van der Waals surface area contributed by atoms with E-state index in [9.17, 15) is 13.2 Å². The standard InChI is InChI=1S/C23H31N5O4S/c1-17(2)22-24-18(3)15-21(25-22)26-7-9-27(10-8-26)23(29)19-5-4-6-20(16-19)33(30,31)28-11-13-32-14-12-28/h4-6,15-17H,7-14H2,1-3H3. The molecule has 2 aliphatic heterocycles. The lowest BCUT2D eigenvalue weighted by Gasteiger charge is -2.35. The quantitative estimate of drug-likeness (QED) is 0.654. The Hall–Kier alpha value is -2.56. The van der Waals surface area contributed by atoms with E-state index in [4.69, 9.17) is 9.72 Å². The van der Waals surface area contributed by atoms with Crippen LogP contribution in [0.1, 0.15) is 41.6 Å².